The highest BCUT2D eigenvalue weighted by molar-refractivity contribution is 7.89. The standard InChI is InChI=1S/C20H21ClF2N2O4S/c21-15-6-10-17(11-7-15)30(27,28)25(18-3-1-2-12-24-19(18)26)13-14-4-8-16(9-5-14)29-20(22)23/h4-11,18,20H,1-3,12-13H2,(H,24,26)/t18-/m1/s1. The molecule has 3 rings (SSSR count). The number of hydrogen-bond donors (Lipinski definition) is 1. The summed E-state index contributed by atoms with van der Waals surface area (Å²) in [6.07, 6.45) is 1.83. The minimum absolute atomic E-state index is 0.0154. The van der Waals surface area contributed by atoms with Crippen molar-refractivity contribution < 1.29 is 26.7 Å². The van der Waals surface area contributed by atoms with Crippen molar-refractivity contribution in [3.05, 3.63) is 59.1 Å². The van der Waals surface area contributed by atoms with Crippen LogP contribution in [0.4, 0.5) is 8.78 Å². The molecule has 1 fully saturated rings. The molecule has 0 unspecified atom stereocenters. The first-order chi connectivity index (χ1) is 14.3. The summed E-state index contributed by atoms with van der Waals surface area (Å²) in [5.74, 6) is -0.393. The van der Waals surface area contributed by atoms with Crippen molar-refractivity contribution >= 4 is 27.5 Å². The van der Waals surface area contributed by atoms with Crippen molar-refractivity contribution in [3.8, 4) is 5.75 Å². The molecule has 0 aliphatic carbocycles. The van der Waals surface area contributed by atoms with Crippen LogP contribution < -0.4 is 10.1 Å². The van der Waals surface area contributed by atoms with E-state index >= 15 is 0 Å². The normalized spacial score (nSPS) is 17.6. The number of nitrogens with one attached hydrogen (secondary N) is 1. The van der Waals surface area contributed by atoms with E-state index in [4.69, 9.17) is 11.6 Å². The highest BCUT2D eigenvalue weighted by atomic mass is 35.5. The molecule has 2 aromatic carbocycles. The van der Waals surface area contributed by atoms with E-state index in [0.29, 0.717) is 30.0 Å². The molecule has 2 aromatic rings. The van der Waals surface area contributed by atoms with Crippen LogP contribution in [0.1, 0.15) is 24.8 Å². The fourth-order valence-electron chi connectivity index (χ4n) is 3.26. The van der Waals surface area contributed by atoms with E-state index in [1.807, 2.05) is 0 Å². The van der Waals surface area contributed by atoms with Crippen molar-refractivity contribution in [1.29, 1.82) is 0 Å². The van der Waals surface area contributed by atoms with E-state index in [9.17, 15) is 22.0 Å². The van der Waals surface area contributed by atoms with Crippen LogP contribution in [0.2, 0.25) is 5.02 Å². The van der Waals surface area contributed by atoms with Gasteiger partial charge in [0.05, 0.1) is 4.90 Å². The molecule has 1 N–H and O–H groups in total. The van der Waals surface area contributed by atoms with Gasteiger partial charge in [-0.3, -0.25) is 4.79 Å². The number of amides is 1. The smallest absolute Gasteiger partial charge is 0.387 e. The van der Waals surface area contributed by atoms with E-state index in [1.165, 1.54) is 48.5 Å². The molecule has 6 nitrogen and oxygen atoms in total. The molecule has 1 saturated heterocycles. The molecule has 10 heteroatoms. The molecule has 0 radical (unpaired) electrons. The lowest BCUT2D eigenvalue weighted by atomic mass is 10.1. The average molecular weight is 459 g/mol. The number of benzene rings is 2. The molecular formula is C20H21ClF2N2O4S. The van der Waals surface area contributed by atoms with Crippen LogP contribution in [-0.2, 0) is 21.4 Å². The molecule has 0 saturated carbocycles. The molecule has 0 bridgehead atoms. The zero-order chi connectivity index (χ0) is 21.7. The fourth-order valence-corrected chi connectivity index (χ4v) is 4.99. The molecule has 1 aliphatic heterocycles. The van der Waals surface area contributed by atoms with Crippen molar-refractivity contribution in [2.24, 2.45) is 0 Å². The topological polar surface area (TPSA) is 75.7 Å². The third-order valence-electron chi connectivity index (χ3n) is 4.76. The molecule has 0 aromatic heterocycles. The average Bonchev–Trinajstić information content (AvgIpc) is 2.91. The summed E-state index contributed by atoms with van der Waals surface area (Å²) in [4.78, 5) is 12.6. The number of nitrogens with zero attached hydrogens (tertiary/aromatic N) is 1. The number of sulfonamides is 1. The SMILES string of the molecule is O=C1NCCCC[C@H]1N(Cc1ccc(OC(F)F)cc1)S(=O)(=O)c1ccc(Cl)cc1. The molecule has 1 aliphatic rings. The van der Waals surface area contributed by atoms with Crippen LogP contribution in [-0.4, -0.2) is 37.8 Å². The summed E-state index contributed by atoms with van der Waals surface area (Å²) in [5.41, 5.74) is 0.534. The molecule has 1 atom stereocenters. The van der Waals surface area contributed by atoms with Gasteiger partial charge in [-0.2, -0.15) is 13.1 Å². The lowest BCUT2D eigenvalue weighted by molar-refractivity contribution is -0.124. The Morgan fingerprint density at radius 3 is 2.40 bits per heavy atom. The maximum Gasteiger partial charge on any atom is 0.387 e. The van der Waals surface area contributed by atoms with Gasteiger partial charge in [0, 0.05) is 18.1 Å². The third kappa shape index (κ3) is 5.47. The van der Waals surface area contributed by atoms with Crippen molar-refractivity contribution in [1.82, 2.24) is 9.62 Å². The minimum atomic E-state index is -4.03. The van der Waals surface area contributed by atoms with Crippen LogP contribution in [0.3, 0.4) is 0 Å². The van der Waals surface area contributed by atoms with Crippen molar-refractivity contribution in [2.75, 3.05) is 6.54 Å². The van der Waals surface area contributed by atoms with Crippen LogP contribution in [0.25, 0.3) is 0 Å². The summed E-state index contributed by atoms with van der Waals surface area (Å²) in [7, 11) is -4.03. The van der Waals surface area contributed by atoms with E-state index < -0.39 is 22.7 Å². The molecule has 162 valence electrons. The van der Waals surface area contributed by atoms with Gasteiger partial charge < -0.3 is 10.1 Å². The Labute approximate surface area is 178 Å². The maximum atomic E-state index is 13.4. The third-order valence-corrected chi connectivity index (χ3v) is 6.88. The zero-order valence-electron chi connectivity index (χ0n) is 15.9. The summed E-state index contributed by atoms with van der Waals surface area (Å²) in [6, 6.07) is 10.5. The summed E-state index contributed by atoms with van der Waals surface area (Å²) in [5, 5.41) is 3.15. The number of hydrogen-bond acceptors (Lipinski definition) is 4. The van der Waals surface area contributed by atoms with E-state index in [0.717, 1.165) is 10.7 Å². The van der Waals surface area contributed by atoms with Gasteiger partial charge in [-0.25, -0.2) is 8.42 Å². The predicted octanol–water partition coefficient (Wildman–Crippen LogP) is 3.80. The van der Waals surface area contributed by atoms with Gasteiger partial charge >= 0.3 is 6.61 Å². The number of carbonyl (C=O) groups is 1. The second-order valence-corrected chi connectivity index (χ2v) is 9.16. The molecule has 1 amide bonds. The van der Waals surface area contributed by atoms with E-state index in [-0.39, 0.29) is 23.1 Å². The number of alkyl halides is 2. The quantitative estimate of drug-likeness (QED) is 0.684. The first kappa shape index (κ1) is 22.5. The summed E-state index contributed by atoms with van der Waals surface area (Å²) < 4.78 is 57.0. The Hall–Kier alpha value is -2.23. The van der Waals surface area contributed by atoms with Gasteiger partial charge in [-0.05, 0) is 61.2 Å². The Morgan fingerprint density at radius 2 is 1.77 bits per heavy atom. The van der Waals surface area contributed by atoms with Gasteiger partial charge in [0.2, 0.25) is 15.9 Å². The molecule has 0 spiro atoms. The van der Waals surface area contributed by atoms with Gasteiger partial charge in [0.25, 0.3) is 0 Å². The number of rotatable bonds is 7. The van der Waals surface area contributed by atoms with E-state index in [2.05, 4.69) is 10.1 Å². The maximum absolute atomic E-state index is 13.4. The first-order valence-electron chi connectivity index (χ1n) is 9.36. The Kier molecular flexibility index (Phi) is 7.27. The number of ether oxygens (including phenoxy) is 1. The number of carbonyl (C=O) groups excluding carboxylic acids is 1. The lowest BCUT2D eigenvalue weighted by Gasteiger charge is -2.29. The Morgan fingerprint density at radius 1 is 1.10 bits per heavy atom. The summed E-state index contributed by atoms with van der Waals surface area (Å²) in [6.45, 7) is -2.56. The predicted molar refractivity (Wildman–Crippen MR) is 108 cm³/mol. The highest BCUT2D eigenvalue weighted by Crippen LogP contribution is 2.26. The lowest BCUT2D eigenvalue weighted by Crippen LogP contribution is -2.48. The summed E-state index contributed by atoms with van der Waals surface area (Å²) >= 11 is 5.88. The van der Waals surface area contributed by atoms with Crippen LogP contribution in [0.15, 0.2) is 53.4 Å². The first-order valence-corrected chi connectivity index (χ1v) is 11.2. The fraction of sp³-hybridized carbons (Fsp3) is 0.350. The Bertz CT molecular complexity index is 969. The second-order valence-electron chi connectivity index (χ2n) is 6.83. The Balaban J connectivity index is 1.94. The van der Waals surface area contributed by atoms with Crippen molar-refractivity contribution in [3.63, 3.8) is 0 Å². The van der Waals surface area contributed by atoms with Crippen LogP contribution in [0.5, 0.6) is 5.75 Å². The second kappa shape index (κ2) is 9.72. The highest BCUT2D eigenvalue weighted by Gasteiger charge is 2.36. The molecule has 30 heavy (non-hydrogen) atoms. The van der Waals surface area contributed by atoms with E-state index in [1.54, 1.807) is 0 Å². The van der Waals surface area contributed by atoms with Gasteiger partial charge in [-0.1, -0.05) is 23.7 Å². The monoisotopic (exact) mass is 458 g/mol. The van der Waals surface area contributed by atoms with Crippen molar-refractivity contribution in [2.45, 2.75) is 43.4 Å². The largest absolute Gasteiger partial charge is 0.435 e. The van der Waals surface area contributed by atoms with Gasteiger partial charge in [-0.15, -0.1) is 0 Å². The number of halogens is 3. The van der Waals surface area contributed by atoms with Gasteiger partial charge in [0.1, 0.15) is 11.8 Å². The van der Waals surface area contributed by atoms with Crippen LogP contribution >= 0.6 is 11.6 Å². The van der Waals surface area contributed by atoms with Crippen LogP contribution in [0, 0.1) is 0 Å². The molecule has 1 heterocycles. The molecular weight excluding hydrogens is 438 g/mol. The zero-order valence-corrected chi connectivity index (χ0v) is 17.5. The van der Waals surface area contributed by atoms with Gasteiger partial charge in [0.15, 0.2) is 0 Å². The minimum Gasteiger partial charge on any atom is -0.435 e.